The van der Waals surface area contributed by atoms with Gasteiger partial charge in [-0.3, -0.25) is 0 Å². The second-order valence-electron chi connectivity index (χ2n) is 4.24. The monoisotopic (exact) mass is 433 g/mol. The van der Waals surface area contributed by atoms with Crippen LogP contribution < -0.4 is 14.8 Å². The Labute approximate surface area is 145 Å². The fourth-order valence-electron chi connectivity index (χ4n) is 1.91. The molecule has 6 heteroatoms. The molecule has 0 saturated carbocycles. The van der Waals surface area contributed by atoms with E-state index in [1.54, 1.807) is 14.2 Å². The SMILES string of the molecule is COc1cc(NCc2c(Cl)cccc2OC)c(Br)cc1Br. The molecule has 0 unspecified atom stereocenters. The molecule has 0 aliphatic rings. The number of halogens is 3. The summed E-state index contributed by atoms with van der Waals surface area (Å²) >= 11 is 13.2. The molecule has 1 N–H and O–H groups in total. The third kappa shape index (κ3) is 3.84. The summed E-state index contributed by atoms with van der Waals surface area (Å²) in [5, 5.41) is 4.00. The zero-order chi connectivity index (χ0) is 15.4. The topological polar surface area (TPSA) is 30.5 Å². The Bertz CT molecular complexity index is 650. The van der Waals surface area contributed by atoms with E-state index in [0.717, 1.165) is 31.7 Å². The normalized spacial score (nSPS) is 10.3. The first-order valence-electron chi connectivity index (χ1n) is 6.15. The zero-order valence-electron chi connectivity index (χ0n) is 11.5. The van der Waals surface area contributed by atoms with Crippen LogP contribution in [-0.2, 0) is 6.54 Å². The Kier molecular flexibility index (Phi) is 5.79. The van der Waals surface area contributed by atoms with Gasteiger partial charge in [-0.1, -0.05) is 17.7 Å². The molecule has 0 atom stereocenters. The number of hydrogen-bond acceptors (Lipinski definition) is 3. The smallest absolute Gasteiger partial charge is 0.135 e. The van der Waals surface area contributed by atoms with E-state index in [2.05, 4.69) is 37.2 Å². The molecule has 0 saturated heterocycles. The molecule has 0 heterocycles. The Hall–Kier alpha value is -0.910. The van der Waals surface area contributed by atoms with Gasteiger partial charge in [-0.25, -0.2) is 0 Å². The lowest BCUT2D eigenvalue weighted by atomic mass is 10.2. The van der Waals surface area contributed by atoms with E-state index < -0.39 is 0 Å². The van der Waals surface area contributed by atoms with Gasteiger partial charge in [0.25, 0.3) is 0 Å². The summed E-state index contributed by atoms with van der Waals surface area (Å²) in [5.74, 6) is 1.52. The van der Waals surface area contributed by atoms with Crippen molar-refractivity contribution in [3.63, 3.8) is 0 Å². The van der Waals surface area contributed by atoms with E-state index in [0.29, 0.717) is 11.6 Å². The van der Waals surface area contributed by atoms with Crippen molar-refractivity contribution in [3.8, 4) is 11.5 Å². The maximum atomic E-state index is 6.23. The van der Waals surface area contributed by atoms with Crippen LogP contribution in [0.4, 0.5) is 5.69 Å². The number of nitrogens with one attached hydrogen (secondary N) is 1. The van der Waals surface area contributed by atoms with Crippen molar-refractivity contribution >= 4 is 49.1 Å². The van der Waals surface area contributed by atoms with Gasteiger partial charge in [-0.2, -0.15) is 0 Å². The molecule has 3 nitrogen and oxygen atoms in total. The van der Waals surface area contributed by atoms with E-state index in [1.165, 1.54) is 0 Å². The van der Waals surface area contributed by atoms with Crippen molar-refractivity contribution in [3.05, 3.63) is 49.9 Å². The molecule has 0 radical (unpaired) electrons. The van der Waals surface area contributed by atoms with Gasteiger partial charge in [0.05, 0.1) is 24.4 Å². The van der Waals surface area contributed by atoms with Crippen LogP contribution >= 0.6 is 43.5 Å². The van der Waals surface area contributed by atoms with Gasteiger partial charge in [0, 0.05) is 27.7 Å². The molecular weight excluding hydrogens is 421 g/mol. The maximum absolute atomic E-state index is 6.23. The van der Waals surface area contributed by atoms with Crippen molar-refractivity contribution in [1.82, 2.24) is 0 Å². The highest BCUT2D eigenvalue weighted by Crippen LogP contribution is 2.35. The van der Waals surface area contributed by atoms with Crippen LogP contribution in [0.3, 0.4) is 0 Å². The molecule has 0 bridgehead atoms. The lowest BCUT2D eigenvalue weighted by molar-refractivity contribution is 0.410. The predicted molar refractivity (Wildman–Crippen MR) is 93.7 cm³/mol. The van der Waals surface area contributed by atoms with Crippen molar-refractivity contribution in [2.45, 2.75) is 6.54 Å². The fourth-order valence-corrected chi connectivity index (χ4v) is 3.43. The molecule has 21 heavy (non-hydrogen) atoms. The average Bonchev–Trinajstić information content (AvgIpc) is 2.47. The predicted octanol–water partition coefficient (Wildman–Crippen LogP) is 5.49. The first kappa shape index (κ1) is 16.5. The van der Waals surface area contributed by atoms with Gasteiger partial charge in [-0.15, -0.1) is 0 Å². The summed E-state index contributed by atoms with van der Waals surface area (Å²) in [6, 6.07) is 9.45. The van der Waals surface area contributed by atoms with Crippen molar-refractivity contribution < 1.29 is 9.47 Å². The third-order valence-electron chi connectivity index (χ3n) is 2.99. The minimum atomic E-state index is 0.548. The van der Waals surface area contributed by atoms with Gasteiger partial charge in [0.1, 0.15) is 11.5 Å². The summed E-state index contributed by atoms with van der Waals surface area (Å²) in [5.41, 5.74) is 1.83. The van der Waals surface area contributed by atoms with Crippen LogP contribution in [0.2, 0.25) is 5.02 Å². The Morgan fingerprint density at radius 1 is 1.05 bits per heavy atom. The Morgan fingerprint density at radius 2 is 1.76 bits per heavy atom. The summed E-state index contributed by atoms with van der Waals surface area (Å²) in [6.45, 7) is 0.548. The lowest BCUT2D eigenvalue weighted by Gasteiger charge is -2.14. The number of ether oxygens (including phenoxy) is 2. The Morgan fingerprint density at radius 3 is 2.43 bits per heavy atom. The molecule has 2 rings (SSSR count). The highest BCUT2D eigenvalue weighted by atomic mass is 79.9. The second kappa shape index (κ2) is 7.38. The molecule has 2 aromatic rings. The quantitative estimate of drug-likeness (QED) is 0.673. The van der Waals surface area contributed by atoms with Crippen LogP contribution in [-0.4, -0.2) is 14.2 Å². The standard InChI is InChI=1S/C15H14Br2ClNO2/c1-20-14-5-3-4-12(18)9(14)8-19-13-7-15(21-2)11(17)6-10(13)16/h3-7,19H,8H2,1-2H3. The van der Waals surface area contributed by atoms with Crippen molar-refractivity contribution in [1.29, 1.82) is 0 Å². The van der Waals surface area contributed by atoms with Gasteiger partial charge >= 0.3 is 0 Å². The van der Waals surface area contributed by atoms with E-state index in [-0.39, 0.29) is 0 Å². The number of anilines is 1. The molecule has 0 amide bonds. The first-order chi connectivity index (χ1) is 10.1. The van der Waals surface area contributed by atoms with Gasteiger partial charge in [0.15, 0.2) is 0 Å². The first-order valence-corrected chi connectivity index (χ1v) is 8.11. The van der Waals surface area contributed by atoms with Crippen LogP contribution in [0.5, 0.6) is 11.5 Å². The molecule has 0 spiro atoms. The molecule has 0 aliphatic carbocycles. The van der Waals surface area contributed by atoms with E-state index in [1.807, 2.05) is 30.3 Å². The fraction of sp³-hybridized carbons (Fsp3) is 0.200. The maximum Gasteiger partial charge on any atom is 0.135 e. The minimum Gasteiger partial charge on any atom is -0.496 e. The lowest BCUT2D eigenvalue weighted by Crippen LogP contribution is -2.03. The second-order valence-corrected chi connectivity index (χ2v) is 6.36. The van der Waals surface area contributed by atoms with Crippen LogP contribution in [0.25, 0.3) is 0 Å². The minimum absolute atomic E-state index is 0.548. The highest BCUT2D eigenvalue weighted by Gasteiger charge is 2.10. The Balaban J connectivity index is 2.25. The van der Waals surface area contributed by atoms with Crippen LogP contribution in [0.1, 0.15) is 5.56 Å². The van der Waals surface area contributed by atoms with E-state index in [4.69, 9.17) is 21.1 Å². The number of benzene rings is 2. The van der Waals surface area contributed by atoms with E-state index in [9.17, 15) is 0 Å². The summed E-state index contributed by atoms with van der Waals surface area (Å²) in [7, 11) is 3.27. The number of methoxy groups -OCH3 is 2. The molecular formula is C15H14Br2ClNO2. The van der Waals surface area contributed by atoms with Gasteiger partial charge in [0.2, 0.25) is 0 Å². The zero-order valence-corrected chi connectivity index (χ0v) is 15.5. The van der Waals surface area contributed by atoms with Gasteiger partial charge in [-0.05, 0) is 50.1 Å². The molecule has 0 fully saturated rings. The van der Waals surface area contributed by atoms with Crippen molar-refractivity contribution in [2.75, 3.05) is 19.5 Å². The molecule has 112 valence electrons. The van der Waals surface area contributed by atoms with Crippen LogP contribution in [0, 0.1) is 0 Å². The average molecular weight is 436 g/mol. The molecule has 0 aromatic heterocycles. The molecule has 0 aliphatic heterocycles. The summed E-state index contributed by atoms with van der Waals surface area (Å²) < 4.78 is 12.5. The van der Waals surface area contributed by atoms with Crippen LogP contribution in [0.15, 0.2) is 39.3 Å². The summed E-state index contributed by atoms with van der Waals surface area (Å²) in [4.78, 5) is 0. The van der Waals surface area contributed by atoms with Crippen molar-refractivity contribution in [2.24, 2.45) is 0 Å². The third-order valence-corrected chi connectivity index (χ3v) is 4.62. The highest BCUT2D eigenvalue weighted by molar-refractivity contribution is 9.11. The van der Waals surface area contributed by atoms with Gasteiger partial charge < -0.3 is 14.8 Å². The number of hydrogen-bond donors (Lipinski definition) is 1. The largest absolute Gasteiger partial charge is 0.496 e. The molecule has 2 aromatic carbocycles. The summed E-state index contributed by atoms with van der Waals surface area (Å²) in [6.07, 6.45) is 0. The number of rotatable bonds is 5. The van der Waals surface area contributed by atoms with E-state index >= 15 is 0 Å².